The van der Waals surface area contributed by atoms with Crippen LogP contribution in [0.1, 0.15) is 27.7 Å². The summed E-state index contributed by atoms with van der Waals surface area (Å²) in [5, 5.41) is 19.3. The summed E-state index contributed by atoms with van der Waals surface area (Å²) < 4.78 is 5.35. The van der Waals surface area contributed by atoms with Crippen LogP contribution in [-0.4, -0.2) is 80.4 Å². The third-order valence-corrected chi connectivity index (χ3v) is 7.14. The van der Waals surface area contributed by atoms with Gasteiger partial charge < -0.3 is 24.7 Å². The van der Waals surface area contributed by atoms with Crippen molar-refractivity contribution in [2.75, 3.05) is 13.1 Å². The van der Waals surface area contributed by atoms with E-state index in [1.807, 2.05) is 6.92 Å². The molecule has 3 heterocycles. The van der Waals surface area contributed by atoms with E-state index in [0.717, 1.165) is 0 Å². The van der Waals surface area contributed by atoms with E-state index in [1.54, 1.807) is 4.90 Å². The Bertz CT molecular complexity index is 765. The zero-order valence-corrected chi connectivity index (χ0v) is 16.9. The average molecular weight is 412 g/mol. The highest BCUT2D eigenvalue weighted by atomic mass is 32.2. The van der Waals surface area contributed by atoms with Crippen LogP contribution < -0.4 is 0 Å². The zero-order valence-electron chi connectivity index (χ0n) is 16.1. The van der Waals surface area contributed by atoms with E-state index in [0.29, 0.717) is 11.4 Å². The summed E-state index contributed by atoms with van der Waals surface area (Å²) in [4.78, 5) is 50.9. The minimum atomic E-state index is -1.21. The SMILES string of the molecule is CC(=O)OC1CN(C(C)=O)CC1SC1=C(C(=O)O)N2C(=O)C(C(C)O)[C@H]2C1C. The molecule has 0 aromatic heterocycles. The summed E-state index contributed by atoms with van der Waals surface area (Å²) in [7, 11) is 0. The number of β-lactam (4-membered cyclic amide) rings is 1. The van der Waals surface area contributed by atoms with E-state index in [1.165, 1.54) is 37.4 Å². The summed E-state index contributed by atoms with van der Waals surface area (Å²) in [6.45, 7) is 6.64. The number of amides is 2. The van der Waals surface area contributed by atoms with Crippen LogP contribution in [0.5, 0.6) is 0 Å². The number of carboxylic acid groups (broad SMARTS) is 1. The minimum Gasteiger partial charge on any atom is -0.477 e. The van der Waals surface area contributed by atoms with E-state index in [9.17, 15) is 29.4 Å². The lowest BCUT2D eigenvalue weighted by Gasteiger charge is -2.46. The number of aliphatic hydroxyl groups is 1. The Kier molecular flexibility index (Phi) is 5.46. The Morgan fingerprint density at radius 3 is 2.39 bits per heavy atom. The fraction of sp³-hybridized carbons (Fsp3) is 0.667. The van der Waals surface area contributed by atoms with Gasteiger partial charge in [0.25, 0.3) is 0 Å². The molecular weight excluding hydrogens is 388 g/mol. The lowest BCUT2D eigenvalue weighted by molar-refractivity contribution is -0.163. The number of carbonyl (C=O) groups excluding carboxylic acids is 3. The summed E-state index contributed by atoms with van der Waals surface area (Å²) in [6, 6.07) is -0.404. The van der Waals surface area contributed by atoms with Crippen LogP contribution in [0.2, 0.25) is 0 Å². The molecule has 0 aromatic carbocycles. The fourth-order valence-electron chi connectivity index (χ4n) is 4.28. The molecule has 28 heavy (non-hydrogen) atoms. The highest BCUT2D eigenvalue weighted by Crippen LogP contribution is 2.52. The van der Waals surface area contributed by atoms with Crippen molar-refractivity contribution in [2.24, 2.45) is 11.8 Å². The number of hydrogen-bond donors (Lipinski definition) is 2. The largest absolute Gasteiger partial charge is 0.477 e. The van der Waals surface area contributed by atoms with E-state index >= 15 is 0 Å². The smallest absolute Gasteiger partial charge is 0.353 e. The van der Waals surface area contributed by atoms with Crippen LogP contribution in [0.4, 0.5) is 0 Å². The van der Waals surface area contributed by atoms with Crippen molar-refractivity contribution in [1.82, 2.24) is 9.80 Å². The van der Waals surface area contributed by atoms with Gasteiger partial charge in [-0.1, -0.05) is 6.92 Å². The van der Waals surface area contributed by atoms with Gasteiger partial charge in [-0.25, -0.2) is 4.79 Å². The first-order valence-corrected chi connectivity index (χ1v) is 10.0. The Hall–Kier alpha value is -2.07. The van der Waals surface area contributed by atoms with Crippen molar-refractivity contribution in [3.8, 4) is 0 Å². The molecule has 0 aromatic rings. The lowest BCUT2D eigenvalue weighted by atomic mass is 9.79. The van der Waals surface area contributed by atoms with Crippen molar-refractivity contribution < 1.29 is 34.1 Å². The summed E-state index contributed by atoms with van der Waals surface area (Å²) in [5.74, 6) is -3.14. The Balaban J connectivity index is 1.89. The number of aliphatic hydroxyl groups excluding tert-OH is 1. The molecule has 2 amide bonds. The summed E-state index contributed by atoms with van der Waals surface area (Å²) in [6.07, 6.45) is -1.43. The van der Waals surface area contributed by atoms with Gasteiger partial charge in [0.15, 0.2) is 0 Å². The van der Waals surface area contributed by atoms with E-state index in [2.05, 4.69) is 0 Å². The predicted molar refractivity (Wildman–Crippen MR) is 98.8 cm³/mol. The quantitative estimate of drug-likeness (QED) is 0.479. The fourth-order valence-corrected chi connectivity index (χ4v) is 5.81. The molecule has 2 saturated heterocycles. The number of aliphatic carboxylic acids is 1. The molecule has 5 unspecified atom stereocenters. The Morgan fingerprint density at radius 2 is 1.89 bits per heavy atom. The molecule has 0 saturated carbocycles. The molecule has 0 aliphatic carbocycles. The van der Waals surface area contributed by atoms with Crippen molar-refractivity contribution in [3.05, 3.63) is 10.6 Å². The van der Waals surface area contributed by atoms with Gasteiger partial charge in [0.05, 0.1) is 29.9 Å². The molecule has 0 bridgehead atoms. The van der Waals surface area contributed by atoms with Crippen molar-refractivity contribution in [3.63, 3.8) is 0 Å². The zero-order chi connectivity index (χ0) is 20.9. The van der Waals surface area contributed by atoms with Gasteiger partial charge >= 0.3 is 11.9 Å². The molecule has 0 spiro atoms. The van der Waals surface area contributed by atoms with Crippen LogP contribution in [0.15, 0.2) is 10.6 Å². The van der Waals surface area contributed by atoms with E-state index < -0.39 is 42.0 Å². The highest BCUT2D eigenvalue weighted by Gasteiger charge is 2.60. The van der Waals surface area contributed by atoms with Gasteiger partial charge in [0.1, 0.15) is 11.8 Å². The number of hydrogen-bond acceptors (Lipinski definition) is 7. The molecule has 3 rings (SSSR count). The second kappa shape index (κ2) is 7.40. The predicted octanol–water partition coefficient (Wildman–Crippen LogP) is 0.0357. The number of thioether (sulfide) groups is 1. The van der Waals surface area contributed by atoms with Crippen molar-refractivity contribution >= 4 is 35.5 Å². The molecular formula is C18H24N2O7S. The first-order valence-electron chi connectivity index (χ1n) is 9.12. The third-order valence-electron chi connectivity index (χ3n) is 5.57. The molecule has 6 atom stereocenters. The monoisotopic (exact) mass is 412 g/mol. The molecule has 154 valence electrons. The van der Waals surface area contributed by atoms with E-state index in [-0.39, 0.29) is 29.3 Å². The molecule has 9 nitrogen and oxygen atoms in total. The van der Waals surface area contributed by atoms with Crippen LogP contribution in [0.25, 0.3) is 0 Å². The van der Waals surface area contributed by atoms with Crippen LogP contribution in [0, 0.1) is 11.8 Å². The summed E-state index contributed by atoms with van der Waals surface area (Å²) >= 11 is 1.25. The first-order chi connectivity index (χ1) is 13.0. The van der Waals surface area contributed by atoms with Gasteiger partial charge in [-0.3, -0.25) is 14.4 Å². The van der Waals surface area contributed by atoms with Crippen molar-refractivity contribution in [2.45, 2.75) is 51.2 Å². The van der Waals surface area contributed by atoms with Gasteiger partial charge in [-0.2, -0.15) is 0 Å². The van der Waals surface area contributed by atoms with Crippen LogP contribution >= 0.6 is 11.8 Å². The molecule has 3 aliphatic heterocycles. The van der Waals surface area contributed by atoms with Gasteiger partial charge in [0.2, 0.25) is 11.8 Å². The number of fused-ring (bicyclic) bond motifs is 1. The molecule has 0 radical (unpaired) electrons. The minimum absolute atomic E-state index is 0.0766. The van der Waals surface area contributed by atoms with Gasteiger partial charge in [-0.05, 0) is 6.92 Å². The average Bonchev–Trinajstić information content (AvgIpc) is 3.06. The number of rotatable bonds is 5. The maximum atomic E-state index is 12.4. The molecule has 10 heteroatoms. The number of likely N-dealkylation sites (tertiary alicyclic amines) is 1. The molecule has 2 fully saturated rings. The second-order valence-corrected chi connectivity index (χ2v) is 8.78. The Labute approximate surface area is 166 Å². The number of esters is 1. The van der Waals surface area contributed by atoms with Gasteiger partial charge in [0, 0.05) is 31.2 Å². The topological polar surface area (TPSA) is 124 Å². The van der Waals surface area contributed by atoms with E-state index in [4.69, 9.17) is 4.74 Å². The molecule has 3 aliphatic rings. The lowest BCUT2D eigenvalue weighted by Crippen LogP contribution is -2.63. The molecule has 2 N–H and O–H groups in total. The number of carboxylic acids is 1. The van der Waals surface area contributed by atoms with Crippen LogP contribution in [0.3, 0.4) is 0 Å². The Morgan fingerprint density at radius 1 is 1.25 bits per heavy atom. The first kappa shape index (κ1) is 20.7. The maximum absolute atomic E-state index is 12.4. The third kappa shape index (κ3) is 3.28. The normalized spacial score (nSPS) is 32.9. The number of ether oxygens (including phenoxy) is 1. The number of carbonyl (C=O) groups is 4. The highest BCUT2D eigenvalue weighted by molar-refractivity contribution is 8.03. The number of nitrogens with zero attached hydrogens (tertiary/aromatic N) is 2. The van der Waals surface area contributed by atoms with Gasteiger partial charge in [-0.15, -0.1) is 11.8 Å². The van der Waals surface area contributed by atoms with Crippen molar-refractivity contribution in [1.29, 1.82) is 0 Å². The standard InChI is InChI=1S/C18H24N2O7S/c1-7-14-13(8(2)21)17(24)20(14)15(18(25)26)16(7)28-12-6-19(9(3)22)5-11(12)27-10(4)23/h7-8,11-14,21H,5-6H2,1-4H3,(H,25,26)/t7?,8?,11?,12?,13?,14-/m1/s1. The summed E-state index contributed by atoms with van der Waals surface area (Å²) in [5.41, 5.74) is -0.0766. The second-order valence-electron chi connectivity index (χ2n) is 7.50. The maximum Gasteiger partial charge on any atom is 0.353 e. The van der Waals surface area contributed by atoms with Crippen LogP contribution in [-0.2, 0) is 23.9 Å².